The molecule has 1 saturated heterocycles. The van der Waals surface area contributed by atoms with Gasteiger partial charge in [0.2, 0.25) is 0 Å². The number of fused-ring (bicyclic) bond motifs is 2. The molecule has 2 aliphatic heterocycles. The first-order valence-electron chi connectivity index (χ1n) is 11.6. The van der Waals surface area contributed by atoms with Gasteiger partial charge in [-0.25, -0.2) is 9.78 Å². The van der Waals surface area contributed by atoms with Crippen LogP contribution in [0.5, 0.6) is 5.75 Å². The Morgan fingerprint density at radius 3 is 2.41 bits per heavy atom. The van der Waals surface area contributed by atoms with Crippen LogP contribution in [0.2, 0.25) is 0 Å². The predicted molar refractivity (Wildman–Crippen MR) is 126 cm³/mol. The maximum Gasteiger partial charge on any atom is 0.319 e. The van der Waals surface area contributed by atoms with Crippen molar-refractivity contribution in [3.05, 3.63) is 47.0 Å². The van der Waals surface area contributed by atoms with Gasteiger partial charge in [-0.15, -0.1) is 0 Å². The van der Waals surface area contributed by atoms with Gasteiger partial charge in [-0.1, -0.05) is 12.1 Å². The average molecular weight is 440 g/mol. The molecule has 0 atom stereocenters. The molecule has 0 radical (unpaired) electrons. The van der Waals surface area contributed by atoms with Gasteiger partial charge in [0.25, 0.3) is 0 Å². The van der Waals surface area contributed by atoms with Crippen molar-refractivity contribution in [1.82, 2.24) is 24.3 Å². The fraction of sp³-hybridized carbons (Fsp3) is 0.600. The van der Waals surface area contributed by atoms with Gasteiger partial charge in [-0.3, -0.25) is 4.90 Å². The molecule has 174 valence electrons. The molecule has 1 spiro atoms. The van der Waals surface area contributed by atoms with Crippen LogP contribution in [0.15, 0.2) is 24.3 Å². The number of amides is 2. The van der Waals surface area contributed by atoms with Crippen LogP contribution >= 0.6 is 0 Å². The van der Waals surface area contributed by atoms with Crippen LogP contribution in [0.3, 0.4) is 0 Å². The monoisotopic (exact) mass is 439 g/mol. The predicted octanol–water partition coefficient (Wildman–Crippen LogP) is 3.81. The van der Waals surface area contributed by atoms with E-state index in [1.165, 1.54) is 17.0 Å². The Balaban J connectivity index is 1.64. The number of benzene rings is 1. The number of aromatic nitrogens is 2. The number of methoxy groups -OCH3 is 1. The summed E-state index contributed by atoms with van der Waals surface area (Å²) in [6.07, 6.45) is 1.90. The maximum absolute atomic E-state index is 12.5. The first-order chi connectivity index (χ1) is 15.2. The van der Waals surface area contributed by atoms with Gasteiger partial charge in [0.1, 0.15) is 11.6 Å². The lowest BCUT2D eigenvalue weighted by molar-refractivity contribution is 0.0914. The molecule has 4 rings (SSSR count). The number of aryl methyl sites for hydroxylation is 1. The molecule has 0 bridgehead atoms. The van der Waals surface area contributed by atoms with Crippen molar-refractivity contribution in [1.29, 1.82) is 0 Å². The SMILES string of the molecule is COc1ccc(CN2Cc3c(nc(C)n3C(C)C)C3(CCN(C(=O)N(C)C)CC3)C2)cc1. The van der Waals surface area contributed by atoms with Gasteiger partial charge >= 0.3 is 6.03 Å². The molecule has 32 heavy (non-hydrogen) atoms. The number of piperidine rings is 1. The molecule has 0 aliphatic carbocycles. The van der Waals surface area contributed by atoms with Crippen molar-refractivity contribution in [2.75, 3.05) is 40.8 Å². The summed E-state index contributed by atoms with van der Waals surface area (Å²) in [6.45, 7) is 10.9. The second kappa shape index (κ2) is 8.77. The number of rotatable bonds is 4. The Hall–Kier alpha value is -2.54. The number of carbonyl (C=O) groups excluding carboxylic acids is 1. The van der Waals surface area contributed by atoms with Gasteiger partial charge in [0, 0.05) is 58.3 Å². The summed E-state index contributed by atoms with van der Waals surface area (Å²) in [5.41, 5.74) is 3.90. The van der Waals surface area contributed by atoms with Crippen LogP contribution in [0.25, 0.3) is 0 Å². The molecule has 1 aromatic carbocycles. The Labute approximate surface area is 192 Å². The van der Waals surface area contributed by atoms with Crippen molar-refractivity contribution in [2.45, 2.75) is 58.2 Å². The molecule has 2 amide bonds. The average Bonchev–Trinajstić information content (AvgIpc) is 3.11. The summed E-state index contributed by atoms with van der Waals surface area (Å²) < 4.78 is 7.74. The minimum absolute atomic E-state index is 0.00591. The quantitative estimate of drug-likeness (QED) is 0.727. The van der Waals surface area contributed by atoms with E-state index in [1.807, 2.05) is 31.1 Å². The van der Waals surface area contributed by atoms with E-state index in [0.717, 1.165) is 57.1 Å². The van der Waals surface area contributed by atoms with E-state index in [2.05, 4.69) is 42.4 Å². The molecule has 3 heterocycles. The number of carbonyl (C=O) groups is 1. The van der Waals surface area contributed by atoms with Crippen molar-refractivity contribution in [2.24, 2.45) is 0 Å². The zero-order valence-corrected chi connectivity index (χ0v) is 20.4. The normalized spacial score (nSPS) is 18.2. The van der Waals surface area contributed by atoms with Crippen molar-refractivity contribution < 1.29 is 9.53 Å². The number of hydrogen-bond donors (Lipinski definition) is 0. The maximum atomic E-state index is 12.5. The van der Waals surface area contributed by atoms with E-state index in [0.29, 0.717) is 6.04 Å². The number of hydrogen-bond acceptors (Lipinski definition) is 4. The summed E-state index contributed by atoms with van der Waals surface area (Å²) in [5.74, 6) is 1.99. The summed E-state index contributed by atoms with van der Waals surface area (Å²) in [4.78, 5) is 23.9. The molecule has 0 saturated carbocycles. The third kappa shape index (κ3) is 4.10. The van der Waals surface area contributed by atoms with Crippen molar-refractivity contribution in [3.8, 4) is 5.75 Å². The second-order valence-corrected chi connectivity index (χ2v) is 9.86. The number of ether oxygens (including phenoxy) is 1. The minimum Gasteiger partial charge on any atom is -0.497 e. The number of urea groups is 1. The Morgan fingerprint density at radius 1 is 1.19 bits per heavy atom. The van der Waals surface area contributed by atoms with Gasteiger partial charge in [-0.2, -0.15) is 0 Å². The lowest BCUT2D eigenvalue weighted by atomic mass is 9.72. The van der Waals surface area contributed by atoms with Gasteiger partial charge in [-0.05, 0) is 51.3 Å². The fourth-order valence-electron chi connectivity index (χ4n) is 5.53. The van der Waals surface area contributed by atoms with E-state index < -0.39 is 0 Å². The van der Waals surface area contributed by atoms with Crippen LogP contribution in [0.1, 0.15) is 55.5 Å². The highest BCUT2D eigenvalue weighted by atomic mass is 16.5. The highest BCUT2D eigenvalue weighted by Crippen LogP contribution is 2.43. The zero-order valence-electron chi connectivity index (χ0n) is 20.4. The van der Waals surface area contributed by atoms with Crippen LogP contribution in [-0.2, 0) is 18.5 Å². The Bertz CT molecular complexity index is 955. The van der Waals surface area contributed by atoms with E-state index in [4.69, 9.17) is 9.72 Å². The second-order valence-electron chi connectivity index (χ2n) is 9.86. The first-order valence-corrected chi connectivity index (χ1v) is 11.6. The van der Waals surface area contributed by atoms with E-state index in [9.17, 15) is 4.79 Å². The van der Waals surface area contributed by atoms with Crippen LogP contribution in [-0.4, -0.2) is 71.1 Å². The third-order valence-electron chi connectivity index (χ3n) is 7.04. The first kappa shape index (κ1) is 22.6. The van der Waals surface area contributed by atoms with Crippen LogP contribution in [0.4, 0.5) is 4.79 Å². The van der Waals surface area contributed by atoms with Crippen LogP contribution in [0, 0.1) is 6.92 Å². The summed E-state index contributed by atoms with van der Waals surface area (Å²) in [6, 6.07) is 8.87. The largest absolute Gasteiger partial charge is 0.497 e. The lowest BCUT2D eigenvalue weighted by Crippen LogP contribution is -2.54. The Kier molecular flexibility index (Phi) is 6.21. The van der Waals surface area contributed by atoms with E-state index in [-0.39, 0.29) is 11.4 Å². The summed E-state index contributed by atoms with van der Waals surface area (Å²) in [7, 11) is 5.36. The number of likely N-dealkylation sites (tertiary alicyclic amines) is 1. The molecule has 7 nitrogen and oxygen atoms in total. The zero-order chi connectivity index (χ0) is 23.0. The lowest BCUT2D eigenvalue weighted by Gasteiger charge is -2.47. The van der Waals surface area contributed by atoms with E-state index in [1.54, 1.807) is 12.0 Å². The van der Waals surface area contributed by atoms with Gasteiger partial charge in [0.15, 0.2) is 0 Å². The molecular formula is C25H37N5O2. The van der Waals surface area contributed by atoms with E-state index >= 15 is 0 Å². The highest BCUT2D eigenvalue weighted by molar-refractivity contribution is 5.74. The summed E-state index contributed by atoms with van der Waals surface area (Å²) >= 11 is 0. The van der Waals surface area contributed by atoms with Gasteiger partial charge < -0.3 is 19.1 Å². The smallest absolute Gasteiger partial charge is 0.319 e. The third-order valence-corrected chi connectivity index (χ3v) is 7.04. The molecular weight excluding hydrogens is 402 g/mol. The van der Waals surface area contributed by atoms with Crippen LogP contribution < -0.4 is 4.74 Å². The van der Waals surface area contributed by atoms with Crippen molar-refractivity contribution >= 4 is 6.03 Å². The Morgan fingerprint density at radius 2 is 1.84 bits per heavy atom. The topological polar surface area (TPSA) is 53.8 Å². The molecule has 2 aliphatic rings. The number of nitrogens with zero attached hydrogens (tertiary/aromatic N) is 5. The van der Waals surface area contributed by atoms with Gasteiger partial charge in [0.05, 0.1) is 18.5 Å². The fourth-order valence-corrected chi connectivity index (χ4v) is 5.53. The highest BCUT2D eigenvalue weighted by Gasteiger charge is 2.46. The summed E-state index contributed by atoms with van der Waals surface area (Å²) in [5, 5.41) is 0. The molecule has 0 N–H and O–H groups in total. The minimum atomic E-state index is -0.00591. The van der Waals surface area contributed by atoms with Crippen molar-refractivity contribution in [3.63, 3.8) is 0 Å². The molecule has 0 unspecified atom stereocenters. The molecule has 1 fully saturated rings. The standard InChI is InChI=1S/C25H37N5O2/c1-18(2)30-19(3)26-23-22(30)16-28(15-20-7-9-21(32-6)10-8-20)17-25(23)11-13-29(14-12-25)24(31)27(4)5/h7-10,18H,11-17H2,1-6H3. The molecule has 2 aromatic rings. The molecule has 1 aromatic heterocycles. The number of imidazole rings is 1. The molecule has 7 heteroatoms.